The van der Waals surface area contributed by atoms with Gasteiger partial charge in [0.15, 0.2) is 0 Å². The van der Waals surface area contributed by atoms with Crippen molar-refractivity contribution in [2.45, 2.75) is 0 Å². The maximum atomic E-state index is 7.88. The first kappa shape index (κ1) is 73.0. The summed E-state index contributed by atoms with van der Waals surface area (Å²) in [6, 6.07) is 0. The topological polar surface area (TPSA) is 277 Å². The number of hydrogen-bond acceptors (Lipinski definition) is 15. The van der Waals surface area contributed by atoms with Crippen molar-refractivity contribution < 1.29 is 183 Å². The average Bonchev–Trinajstić information content (AvgIpc) is 2.09. The van der Waals surface area contributed by atoms with E-state index in [1.807, 2.05) is 0 Å². The zero-order chi connectivity index (χ0) is 13.5. The predicted octanol–water partition coefficient (Wildman–Crippen LogP) is -13.0. The summed E-state index contributed by atoms with van der Waals surface area (Å²) in [5.74, 6) is 0. The van der Waals surface area contributed by atoms with Gasteiger partial charge in [0, 0.05) is 71.2 Å². The molecule has 0 heterocycles. The second-order valence-electron chi connectivity index (χ2n) is 0.340. The van der Waals surface area contributed by atoms with Crippen LogP contribution in [-0.2, 0) is 59.3 Å². The van der Waals surface area contributed by atoms with Gasteiger partial charge >= 0.3 is 80.2 Å². The zero-order valence-electron chi connectivity index (χ0n) is 9.40. The molecule has 0 unspecified atom stereocenters. The van der Waals surface area contributed by atoms with Crippen LogP contribution in [0.25, 0.3) is 0 Å². The molecule has 0 saturated heterocycles. The van der Waals surface area contributed by atoms with Crippen LogP contribution in [0, 0.1) is 71.2 Å². The molecule has 0 aliphatic rings. The maximum Gasteiger partial charge on any atom is 3.00 e. The van der Waals surface area contributed by atoms with E-state index in [0.717, 1.165) is 0 Å². The van der Waals surface area contributed by atoms with Gasteiger partial charge in [-0.05, 0) is 0 Å². The van der Waals surface area contributed by atoms with E-state index in [0.29, 0.717) is 0 Å². The molecule has 21 heavy (non-hydrogen) atoms. The molecule has 0 saturated carbocycles. The summed E-state index contributed by atoms with van der Waals surface area (Å²) in [5.41, 5.74) is 0. The van der Waals surface area contributed by atoms with Crippen LogP contribution >= 0.6 is 0 Å². The molecule has 0 rings (SSSR count). The Hall–Kier alpha value is 4.36. The van der Waals surface area contributed by atoms with Gasteiger partial charge in [-0.2, -0.15) is 0 Å². The van der Waals surface area contributed by atoms with Crippen molar-refractivity contribution >= 4 is 46.1 Å². The molecule has 4 radical (unpaired) electrons. The molecule has 0 atom stereocenters. The summed E-state index contributed by atoms with van der Waals surface area (Å²) in [5, 5.41) is 87.5. The molecular weight excluding hydrogens is 678 g/mol. The van der Waals surface area contributed by atoms with Crippen molar-refractivity contribution in [3.63, 3.8) is 0 Å². The summed E-state index contributed by atoms with van der Waals surface area (Å²) < 4.78 is 0. The summed E-state index contributed by atoms with van der Waals surface area (Å²) in [6.45, 7) is 0. The predicted molar refractivity (Wildman–Crippen MR) is 16.9 cm³/mol. The minimum absolute atomic E-state index is 0. The molecule has 0 aliphatic heterocycles. The first-order valence-electron chi connectivity index (χ1n) is 1.67. The van der Waals surface area contributed by atoms with Crippen LogP contribution in [0.2, 0.25) is 0 Å². The van der Waals surface area contributed by atoms with Crippen molar-refractivity contribution in [1.82, 2.24) is 0 Å². The fraction of sp³-hybridized carbons (Fsp3) is 0. The molecule has 0 bridgehead atoms. The Balaban J connectivity index is -0.00000000617. The van der Waals surface area contributed by atoms with Gasteiger partial charge in [0.1, 0.15) is 0 Å². The van der Waals surface area contributed by atoms with Crippen LogP contribution in [0.15, 0.2) is 0 Å². The first-order valence-corrected chi connectivity index (χ1v) is 1.67. The van der Waals surface area contributed by atoms with E-state index in [1.165, 1.54) is 0 Å². The van der Waals surface area contributed by atoms with Crippen LogP contribution < -0.4 is 52.6 Å². The number of rotatable bonds is 0. The Labute approximate surface area is 225 Å². The molecule has 0 amide bonds. The van der Waals surface area contributed by atoms with Crippen molar-refractivity contribution in [3.8, 4) is 0 Å². The van der Waals surface area contributed by atoms with Crippen molar-refractivity contribution in [3.05, 3.63) is 0 Å². The quantitative estimate of drug-likeness (QED) is 0.131. The SMILES string of the molecule is [Fe+3].[Fe+3].[La].[La].[Mg+2].[Mg+2].[O-]O[O-].[O-]O[O-].[O-]O[O-].[O-]O[O-].[O-]O[O-]. The Morgan fingerprint density at radius 3 is 0.333 bits per heavy atom. The molecule has 0 aromatic heterocycles. The summed E-state index contributed by atoms with van der Waals surface area (Å²) in [7, 11) is 0. The normalized spacial score (nSPS) is 4.29. The summed E-state index contributed by atoms with van der Waals surface area (Å²) >= 11 is 0. The van der Waals surface area contributed by atoms with E-state index >= 15 is 0 Å². The van der Waals surface area contributed by atoms with Gasteiger partial charge in [0.25, 0.3) is 0 Å². The Kier molecular flexibility index (Phi) is 527. The fourth-order valence-corrected chi connectivity index (χ4v) is 0. The third-order valence-electron chi connectivity index (χ3n) is 0. The minimum Gasteiger partial charge on any atom is -0.734 e. The van der Waals surface area contributed by atoms with Gasteiger partial charge < -0.3 is 77.8 Å². The molecule has 0 aliphatic carbocycles. The molecule has 116 valence electrons. The fourth-order valence-electron chi connectivity index (χ4n) is 0. The molecule has 0 aromatic carbocycles. The Bertz CT molecular complexity index is 39.2. The van der Waals surface area contributed by atoms with E-state index in [9.17, 15) is 0 Å². The van der Waals surface area contributed by atoms with E-state index in [-0.39, 0.29) is 151 Å². The minimum atomic E-state index is 0. The van der Waals surface area contributed by atoms with Gasteiger partial charge in [-0.25, -0.2) is 0 Å². The van der Waals surface area contributed by atoms with Crippen molar-refractivity contribution in [1.29, 1.82) is 0 Å². The van der Waals surface area contributed by atoms with E-state index in [1.54, 1.807) is 25.2 Å². The van der Waals surface area contributed by atoms with Gasteiger partial charge in [0.05, 0.1) is 0 Å². The molecule has 0 aromatic rings. The molecular formula is Fe2La2Mg2O15. The Morgan fingerprint density at radius 1 is 0.333 bits per heavy atom. The molecule has 15 nitrogen and oxygen atoms in total. The van der Waals surface area contributed by atoms with Crippen molar-refractivity contribution in [2.75, 3.05) is 0 Å². The summed E-state index contributed by atoms with van der Waals surface area (Å²) in [4.78, 5) is 0. The number of hydrogen-bond donors (Lipinski definition) is 0. The smallest absolute Gasteiger partial charge is 0.734 e. The second kappa shape index (κ2) is 152. The second-order valence-corrected chi connectivity index (χ2v) is 0.340. The van der Waals surface area contributed by atoms with Crippen molar-refractivity contribution in [2.24, 2.45) is 0 Å². The van der Waals surface area contributed by atoms with Gasteiger partial charge in [0.2, 0.25) is 0 Å². The van der Waals surface area contributed by atoms with Crippen LogP contribution in [0.4, 0.5) is 0 Å². The van der Waals surface area contributed by atoms with E-state index in [2.05, 4.69) is 0 Å². The monoisotopic (exact) mass is 678 g/mol. The Morgan fingerprint density at radius 2 is 0.333 bits per heavy atom. The van der Waals surface area contributed by atoms with E-state index < -0.39 is 0 Å². The molecule has 0 N–H and O–H groups in total. The third-order valence-corrected chi connectivity index (χ3v) is 0. The molecule has 0 spiro atoms. The van der Waals surface area contributed by atoms with E-state index in [4.69, 9.17) is 52.6 Å². The maximum absolute atomic E-state index is 7.88. The van der Waals surface area contributed by atoms with Crippen LogP contribution in [0.1, 0.15) is 0 Å². The van der Waals surface area contributed by atoms with Gasteiger partial charge in [-0.3, -0.25) is 0 Å². The van der Waals surface area contributed by atoms with Crippen LogP contribution in [-0.4, -0.2) is 46.1 Å². The van der Waals surface area contributed by atoms with Crippen LogP contribution in [0.3, 0.4) is 0 Å². The molecule has 0 fully saturated rings. The first-order chi connectivity index (χ1) is 7.07. The molecule has 21 heteroatoms. The van der Waals surface area contributed by atoms with Gasteiger partial charge in [-0.15, -0.1) is 0 Å². The van der Waals surface area contributed by atoms with Gasteiger partial charge in [-0.1, -0.05) is 0 Å². The average molecular weight is 678 g/mol. The third kappa shape index (κ3) is 640. The standard InChI is InChI=1S/2Fe.2La.2Mg.5H2O3/c;;;;;;5*1-3-2/h;;;;;;5*1-2H/q2*+3;;;2*+2;;;;;/p-10. The van der Waals surface area contributed by atoms with Crippen LogP contribution in [0.5, 0.6) is 0 Å². The zero-order valence-corrected chi connectivity index (χ0v) is 21.7. The largest absolute Gasteiger partial charge is 3.00 e. The summed E-state index contributed by atoms with van der Waals surface area (Å²) in [6.07, 6.45) is 0.